The Morgan fingerprint density at radius 2 is 2.21 bits per heavy atom. The number of ether oxygens (including phenoxy) is 1. The van der Waals surface area contributed by atoms with Crippen molar-refractivity contribution in [2.75, 3.05) is 19.8 Å². The van der Waals surface area contributed by atoms with Gasteiger partial charge in [-0.15, -0.1) is 0 Å². The van der Waals surface area contributed by atoms with Crippen molar-refractivity contribution in [3.05, 3.63) is 58.9 Å². The van der Waals surface area contributed by atoms with Crippen molar-refractivity contribution in [1.82, 2.24) is 10.3 Å². The fourth-order valence-electron chi connectivity index (χ4n) is 2.18. The summed E-state index contributed by atoms with van der Waals surface area (Å²) in [7, 11) is 0. The number of carbonyl (C=O) groups is 1. The van der Waals surface area contributed by atoms with Gasteiger partial charge in [-0.2, -0.15) is 0 Å². The molecule has 1 atom stereocenters. The number of amides is 1. The zero-order valence-electron chi connectivity index (χ0n) is 13.5. The van der Waals surface area contributed by atoms with Crippen molar-refractivity contribution in [3.63, 3.8) is 0 Å². The van der Waals surface area contributed by atoms with Crippen LogP contribution in [-0.2, 0) is 11.2 Å². The summed E-state index contributed by atoms with van der Waals surface area (Å²) in [6, 6.07) is 10.9. The summed E-state index contributed by atoms with van der Waals surface area (Å²) < 4.78 is 5.44. The van der Waals surface area contributed by atoms with Crippen LogP contribution in [0.1, 0.15) is 11.3 Å². The van der Waals surface area contributed by atoms with E-state index in [1.54, 1.807) is 24.4 Å². The van der Waals surface area contributed by atoms with Crippen molar-refractivity contribution in [2.45, 2.75) is 13.3 Å². The molecule has 24 heavy (non-hydrogen) atoms. The zero-order valence-corrected chi connectivity index (χ0v) is 14.3. The third kappa shape index (κ3) is 5.83. The van der Waals surface area contributed by atoms with E-state index >= 15 is 0 Å². The Bertz CT molecular complexity index is 665. The predicted octanol–water partition coefficient (Wildman–Crippen LogP) is 2.39. The van der Waals surface area contributed by atoms with Crippen LogP contribution in [0.3, 0.4) is 0 Å². The number of hydrogen-bond acceptors (Lipinski definition) is 4. The Labute approximate surface area is 146 Å². The topological polar surface area (TPSA) is 71.5 Å². The van der Waals surface area contributed by atoms with Gasteiger partial charge in [-0.1, -0.05) is 17.7 Å². The molecule has 5 nitrogen and oxygen atoms in total. The largest absolute Gasteiger partial charge is 0.484 e. The molecule has 2 aromatic rings. The molecule has 0 aliphatic rings. The van der Waals surface area contributed by atoms with Crippen LogP contribution in [0.4, 0.5) is 0 Å². The van der Waals surface area contributed by atoms with E-state index < -0.39 is 0 Å². The van der Waals surface area contributed by atoms with Crippen molar-refractivity contribution in [1.29, 1.82) is 0 Å². The van der Waals surface area contributed by atoms with Gasteiger partial charge in [0.2, 0.25) is 0 Å². The average Bonchev–Trinajstić information content (AvgIpc) is 2.60. The predicted molar refractivity (Wildman–Crippen MR) is 93.2 cm³/mol. The molecule has 0 saturated carbocycles. The minimum Gasteiger partial charge on any atom is -0.484 e. The summed E-state index contributed by atoms with van der Waals surface area (Å²) in [5.41, 5.74) is 1.78. The van der Waals surface area contributed by atoms with Crippen molar-refractivity contribution < 1.29 is 14.6 Å². The molecule has 1 amide bonds. The summed E-state index contributed by atoms with van der Waals surface area (Å²) in [5.74, 6) is 0.281. The molecule has 0 fully saturated rings. The molecule has 6 heteroatoms. The first-order chi connectivity index (χ1) is 11.6. The van der Waals surface area contributed by atoms with E-state index in [1.807, 2.05) is 25.1 Å². The minimum atomic E-state index is -0.234. The van der Waals surface area contributed by atoms with Crippen LogP contribution in [-0.4, -0.2) is 35.8 Å². The Balaban J connectivity index is 1.76. The van der Waals surface area contributed by atoms with E-state index in [0.717, 1.165) is 11.3 Å². The lowest BCUT2D eigenvalue weighted by molar-refractivity contribution is -0.123. The molecule has 1 aromatic heterocycles. The van der Waals surface area contributed by atoms with Gasteiger partial charge < -0.3 is 15.2 Å². The number of aliphatic hydroxyl groups is 1. The molecule has 0 aliphatic carbocycles. The summed E-state index contributed by atoms with van der Waals surface area (Å²) in [6.45, 7) is 2.14. The number of pyridine rings is 1. The summed E-state index contributed by atoms with van der Waals surface area (Å²) in [4.78, 5) is 16.1. The number of rotatable bonds is 8. The number of aromatic nitrogens is 1. The summed E-state index contributed by atoms with van der Waals surface area (Å²) in [5, 5.41) is 12.9. The monoisotopic (exact) mass is 348 g/mol. The fourth-order valence-corrected chi connectivity index (χ4v) is 2.30. The quantitative estimate of drug-likeness (QED) is 0.768. The maximum atomic E-state index is 11.9. The molecule has 0 radical (unpaired) electrons. The second kappa shape index (κ2) is 9.25. The second-order valence-electron chi connectivity index (χ2n) is 5.58. The zero-order chi connectivity index (χ0) is 17.4. The van der Waals surface area contributed by atoms with Crippen molar-refractivity contribution >= 4 is 17.5 Å². The standard InChI is InChI=1S/C18H21ClN2O3/c1-13-8-16(5-6-17(13)19)24-12-18(23)21-10-14(11-22)9-15-4-2-3-7-20-15/h2-8,14,22H,9-12H2,1H3,(H,21,23). The van der Waals surface area contributed by atoms with Gasteiger partial charge in [0.05, 0.1) is 0 Å². The Morgan fingerprint density at radius 1 is 1.38 bits per heavy atom. The van der Waals surface area contributed by atoms with Crippen LogP contribution in [0.5, 0.6) is 5.75 Å². The summed E-state index contributed by atoms with van der Waals surface area (Å²) >= 11 is 5.95. The number of aryl methyl sites for hydroxylation is 1. The van der Waals surface area contributed by atoms with Gasteiger partial charge in [0, 0.05) is 36.0 Å². The smallest absolute Gasteiger partial charge is 0.257 e. The molecule has 0 bridgehead atoms. The first-order valence-electron chi connectivity index (χ1n) is 7.75. The van der Waals surface area contributed by atoms with Gasteiger partial charge in [0.25, 0.3) is 5.91 Å². The molecular weight excluding hydrogens is 328 g/mol. The molecule has 1 unspecified atom stereocenters. The number of benzene rings is 1. The first kappa shape index (κ1) is 18.2. The lowest BCUT2D eigenvalue weighted by atomic mass is 10.0. The third-order valence-electron chi connectivity index (χ3n) is 3.57. The van der Waals surface area contributed by atoms with Crippen LogP contribution in [0.15, 0.2) is 42.6 Å². The molecule has 2 rings (SSSR count). The molecular formula is C18H21ClN2O3. The number of nitrogens with one attached hydrogen (secondary N) is 1. The van der Waals surface area contributed by atoms with E-state index in [2.05, 4.69) is 10.3 Å². The van der Waals surface area contributed by atoms with Gasteiger partial charge in [-0.25, -0.2) is 0 Å². The van der Waals surface area contributed by atoms with Gasteiger partial charge in [-0.3, -0.25) is 9.78 Å². The fraction of sp³-hybridized carbons (Fsp3) is 0.333. The lowest BCUT2D eigenvalue weighted by Gasteiger charge is -2.15. The van der Waals surface area contributed by atoms with Crippen LogP contribution >= 0.6 is 11.6 Å². The normalized spacial score (nSPS) is 11.8. The molecule has 128 valence electrons. The molecule has 2 N–H and O–H groups in total. The lowest BCUT2D eigenvalue weighted by Crippen LogP contribution is -2.35. The number of nitrogens with zero attached hydrogens (tertiary/aromatic N) is 1. The van der Waals surface area contributed by atoms with Gasteiger partial charge in [0.15, 0.2) is 6.61 Å². The van der Waals surface area contributed by atoms with E-state index in [-0.39, 0.29) is 25.0 Å². The maximum Gasteiger partial charge on any atom is 0.257 e. The second-order valence-corrected chi connectivity index (χ2v) is 5.98. The highest BCUT2D eigenvalue weighted by atomic mass is 35.5. The van der Waals surface area contributed by atoms with Crippen LogP contribution in [0, 0.1) is 12.8 Å². The van der Waals surface area contributed by atoms with Gasteiger partial charge in [0.1, 0.15) is 5.75 Å². The Kier molecular flexibility index (Phi) is 7.03. The van der Waals surface area contributed by atoms with Crippen molar-refractivity contribution in [2.24, 2.45) is 5.92 Å². The molecule has 0 saturated heterocycles. The molecule has 1 aromatic carbocycles. The SMILES string of the molecule is Cc1cc(OCC(=O)NCC(CO)Cc2ccccn2)ccc1Cl. The Morgan fingerprint density at radius 3 is 2.88 bits per heavy atom. The van der Waals surface area contributed by atoms with E-state index in [4.69, 9.17) is 16.3 Å². The van der Waals surface area contributed by atoms with Gasteiger partial charge >= 0.3 is 0 Å². The Hall–Kier alpha value is -2.11. The van der Waals surface area contributed by atoms with E-state index in [9.17, 15) is 9.90 Å². The minimum absolute atomic E-state index is 0.0198. The highest BCUT2D eigenvalue weighted by Crippen LogP contribution is 2.20. The van der Waals surface area contributed by atoms with Crippen LogP contribution < -0.4 is 10.1 Å². The van der Waals surface area contributed by atoms with Crippen LogP contribution in [0.2, 0.25) is 5.02 Å². The number of carbonyl (C=O) groups excluding carboxylic acids is 1. The van der Waals surface area contributed by atoms with E-state index in [1.165, 1.54) is 0 Å². The molecule has 0 aliphatic heterocycles. The maximum absolute atomic E-state index is 11.9. The number of halogens is 1. The average molecular weight is 349 g/mol. The van der Waals surface area contributed by atoms with Gasteiger partial charge in [-0.05, 0) is 49.2 Å². The highest BCUT2D eigenvalue weighted by molar-refractivity contribution is 6.31. The van der Waals surface area contributed by atoms with Crippen molar-refractivity contribution in [3.8, 4) is 5.75 Å². The highest BCUT2D eigenvalue weighted by Gasteiger charge is 2.12. The first-order valence-corrected chi connectivity index (χ1v) is 8.12. The van der Waals surface area contributed by atoms with Crippen LogP contribution in [0.25, 0.3) is 0 Å². The summed E-state index contributed by atoms with van der Waals surface area (Å²) in [6.07, 6.45) is 2.32. The van der Waals surface area contributed by atoms with E-state index in [0.29, 0.717) is 23.7 Å². The molecule has 1 heterocycles. The number of hydrogen-bond donors (Lipinski definition) is 2. The third-order valence-corrected chi connectivity index (χ3v) is 3.99. The number of aliphatic hydroxyl groups excluding tert-OH is 1. The molecule has 0 spiro atoms.